The average Bonchev–Trinajstić information content (AvgIpc) is 3.39. The number of benzene rings is 1. The second kappa shape index (κ2) is 12.9. The fourth-order valence-corrected chi connectivity index (χ4v) is 6.61. The van der Waals surface area contributed by atoms with Gasteiger partial charge in [0.1, 0.15) is 27.7 Å². The van der Waals surface area contributed by atoms with E-state index in [0.29, 0.717) is 21.8 Å². The Morgan fingerprint density at radius 1 is 1.24 bits per heavy atom. The molecular weight excluding hydrogens is 588 g/mol. The van der Waals surface area contributed by atoms with Crippen molar-refractivity contribution in [2.45, 2.75) is 56.2 Å². The van der Waals surface area contributed by atoms with Gasteiger partial charge in [0.05, 0.1) is 13.0 Å². The molecule has 1 saturated heterocycles. The van der Waals surface area contributed by atoms with Crippen molar-refractivity contribution >= 4 is 59.1 Å². The van der Waals surface area contributed by atoms with Crippen molar-refractivity contribution in [1.29, 1.82) is 0 Å². The third-order valence-electron chi connectivity index (χ3n) is 5.95. The summed E-state index contributed by atoms with van der Waals surface area (Å²) in [6.07, 6.45) is -0.792. The number of carbonyl (C=O) groups excluding carboxylic acids is 4. The summed E-state index contributed by atoms with van der Waals surface area (Å²) in [4.78, 5) is 63.7. The highest BCUT2D eigenvalue weighted by Crippen LogP contribution is 2.41. The lowest BCUT2D eigenvalue weighted by molar-refractivity contribution is -0.150. The number of aromatic amines is 1. The third-order valence-corrected chi connectivity index (χ3v) is 8.35. The Kier molecular flexibility index (Phi) is 9.46. The number of carbonyl (C=O) groups is 5. The van der Waals surface area contributed by atoms with E-state index in [1.54, 1.807) is 52.0 Å². The summed E-state index contributed by atoms with van der Waals surface area (Å²) in [5, 5.41) is 25.0. The maximum atomic E-state index is 13.1. The largest absolute Gasteiger partial charge is 0.477 e. The number of carboxylic acids is 1. The van der Waals surface area contributed by atoms with Crippen LogP contribution in [0.15, 0.2) is 40.6 Å². The van der Waals surface area contributed by atoms with Crippen molar-refractivity contribution in [1.82, 2.24) is 25.6 Å². The Morgan fingerprint density at radius 2 is 1.98 bits per heavy atom. The molecule has 0 aliphatic carbocycles. The van der Waals surface area contributed by atoms with Crippen LogP contribution in [0.3, 0.4) is 0 Å². The second-order valence-electron chi connectivity index (χ2n) is 10.2. The van der Waals surface area contributed by atoms with E-state index < -0.39 is 46.9 Å². The molecule has 4 N–H and O–H groups in total. The number of carboxylic acid groups (broad SMARTS) is 1. The number of rotatable bonds is 10. The third kappa shape index (κ3) is 7.05. The van der Waals surface area contributed by atoms with Gasteiger partial charge in [-0.25, -0.2) is 14.4 Å². The van der Waals surface area contributed by atoms with Gasteiger partial charge in [-0.05, 0) is 44.9 Å². The number of β-lactam (4-membered cyclic amide) rings is 1. The molecule has 16 heteroatoms. The molecule has 1 aromatic carbocycles. The van der Waals surface area contributed by atoms with Gasteiger partial charge in [-0.3, -0.25) is 24.9 Å². The van der Waals surface area contributed by atoms with Gasteiger partial charge in [-0.1, -0.05) is 35.2 Å². The normalized spacial score (nSPS) is 18.1. The van der Waals surface area contributed by atoms with E-state index >= 15 is 0 Å². The number of esters is 1. The van der Waals surface area contributed by atoms with E-state index in [-0.39, 0.29) is 35.9 Å². The van der Waals surface area contributed by atoms with Crippen LogP contribution < -0.4 is 10.6 Å². The Balaban J connectivity index is 1.40. The SMILES string of the molecule is CCOC(=O)c1nn[nH]c1SCC1=C(C(=O)O)N2C(=O)C(NC(=O)Cc3ccccc3NC(=O)OC(C)(C)C)[C@H]2SC1. The van der Waals surface area contributed by atoms with Gasteiger partial charge in [-0.15, -0.1) is 16.9 Å². The summed E-state index contributed by atoms with van der Waals surface area (Å²) in [6, 6.07) is 5.82. The van der Waals surface area contributed by atoms with Gasteiger partial charge in [0.15, 0.2) is 0 Å². The monoisotopic (exact) mass is 618 g/mol. The van der Waals surface area contributed by atoms with E-state index in [4.69, 9.17) is 9.47 Å². The van der Waals surface area contributed by atoms with Crippen molar-refractivity contribution < 1.29 is 38.6 Å². The number of nitrogens with zero attached hydrogens (tertiary/aromatic N) is 3. The molecule has 3 amide bonds. The maximum Gasteiger partial charge on any atom is 0.412 e. The Labute approximate surface area is 249 Å². The highest BCUT2D eigenvalue weighted by Gasteiger charge is 2.54. The number of ether oxygens (including phenoxy) is 2. The van der Waals surface area contributed by atoms with Crippen LogP contribution in [0.25, 0.3) is 0 Å². The molecule has 224 valence electrons. The Hall–Kier alpha value is -4.05. The van der Waals surface area contributed by atoms with E-state index in [9.17, 15) is 29.1 Å². The second-order valence-corrected chi connectivity index (χ2v) is 12.3. The molecule has 42 heavy (non-hydrogen) atoms. The van der Waals surface area contributed by atoms with Crippen molar-refractivity contribution in [3.05, 3.63) is 46.8 Å². The number of para-hydroxylation sites is 1. The average molecular weight is 619 g/mol. The van der Waals surface area contributed by atoms with Crippen molar-refractivity contribution in [2.24, 2.45) is 0 Å². The summed E-state index contributed by atoms with van der Waals surface area (Å²) < 4.78 is 10.2. The maximum absolute atomic E-state index is 13.1. The van der Waals surface area contributed by atoms with Crippen molar-refractivity contribution in [3.63, 3.8) is 0 Å². The molecule has 2 aromatic rings. The van der Waals surface area contributed by atoms with E-state index in [1.807, 2.05) is 0 Å². The molecule has 0 bridgehead atoms. The first-order chi connectivity index (χ1) is 19.9. The predicted octanol–water partition coefficient (Wildman–Crippen LogP) is 2.40. The lowest BCUT2D eigenvalue weighted by Gasteiger charge is -2.49. The van der Waals surface area contributed by atoms with Crippen LogP contribution in [-0.2, 0) is 30.3 Å². The van der Waals surface area contributed by atoms with Crippen LogP contribution in [0.4, 0.5) is 10.5 Å². The first kappa shape index (κ1) is 30.9. The number of hydrogen-bond donors (Lipinski definition) is 4. The fourth-order valence-electron chi connectivity index (χ4n) is 4.21. The molecule has 0 saturated carbocycles. The van der Waals surface area contributed by atoms with Crippen LogP contribution in [0.2, 0.25) is 0 Å². The zero-order valence-electron chi connectivity index (χ0n) is 23.3. The number of H-pyrrole nitrogens is 1. The number of nitrogens with one attached hydrogen (secondary N) is 3. The predicted molar refractivity (Wildman–Crippen MR) is 153 cm³/mol. The van der Waals surface area contributed by atoms with Gasteiger partial charge >= 0.3 is 18.0 Å². The minimum absolute atomic E-state index is 0.00802. The van der Waals surface area contributed by atoms with Gasteiger partial charge in [0.25, 0.3) is 5.91 Å². The van der Waals surface area contributed by atoms with Crippen LogP contribution in [0.1, 0.15) is 43.7 Å². The highest BCUT2D eigenvalue weighted by molar-refractivity contribution is 8.01. The summed E-state index contributed by atoms with van der Waals surface area (Å²) in [5.41, 5.74) is 0.520. The number of anilines is 1. The van der Waals surface area contributed by atoms with Crippen LogP contribution in [0, 0.1) is 0 Å². The molecule has 3 heterocycles. The molecular formula is C26H30N6O8S2. The van der Waals surface area contributed by atoms with Crippen LogP contribution >= 0.6 is 23.5 Å². The quantitative estimate of drug-likeness (QED) is 0.173. The van der Waals surface area contributed by atoms with Gasteiger partial charge in [-0.2, -0.15) is 0 Å². The number of aromatic nitrogens is 3. The topological polar surface area (TPSA) is 193 Å². The summed E-state index contributed by atoms with van der Waals surface area (Å²) in [5.74, 6) is -2.50. The fraction of sp³-hybridized carbons (Fsp3) is 0.423. The minimum atomic E-state index is -1.27. The summed E-state index contributed by atoms with van der Waals surface area (Å²) in [7, 11) is 0. The number of aliphatic carboxylic acids is 1. The number of hydrogen-bond acceptors (Lipinski definition) is 11. The molecule has 1 unspecified atom stereocenters. The van der Waals surface area contributed by atoms with Gasteiger partial charge in [0, 0.05) is 17.2 Å². The number of amides is 3. The Morgan fingerprint density at radius 3 is 2.67 bits per heavy atom. The molecule has 1 fully saturated rings. The van der Waals surface area contributed by atoms with Gasteiger partial charge in [0.2, 0.25) is 11.6 Å². The molecule has 2 aliphatic heterocycles. The minimum Gasteiger partial charge on any atom is -0.477 e. The summed E-state index contributed by atoms with van der Waals surface area (Å²) >= 11 is 2.45. The number of fused-ring (bicyclic) bond motifs is 1. The lowest BCUT2D eigenvalue weighted by atomic mass is 10.0. The Bertz CT molecular complexity index is 1440. The molecule has 2 atom stereocenters. The van der Waals surface area contributed by atoms with E-state index in [1.165, 1.54) is 16.7 Å². The molecule has 4 rings (SSSR count). The first-order valence-electron chi connectivity index (χ1n) is 12.9. The standard InChI is InChI=1S/C26H30N6O8S2/c1-5-39-24(37)17-20(30-31-29-17)41-11-14-12-42-22-18(21(34)32(22)19(14)23(35)36)28-16(33)10-13-8-6-7-9-15(13)27-25(38)40-26(2,3)4/h6-9,18,22H,5,10-12H2,1-4H3,(H,27,38)(H,28,33)(H,35,36)(H,29,30,31)/t18?,22-/m1/s1. The molecule has 1 aromatic heterocycles. The van der Waals surface area contributed by atoms with Crippen molar-refractivity contribution in [2.75, 3.05) is 23.4 Å². The lowest BCUT2D eigenvalue weighted by Crippen LogP contribution is -2.70. The smallest absolute Gasteiger partial charge is 0.412 e. The zero-order chi connectivity index (χ0) is 30.6. The van der Waals surface area contributed by atoms with Crippen molar-refractivity contribution in [3.8, 4) is 0 Å². The zero-order valence-corrected chi connectivity index (χ0v) is 24.9. The van der Waals surface area contributed by atoms with E-state index in [0.717, 1.165) is 11.8 Å². The molecule has 2 aliphatic rings. The first-order valence-corrected chi connectivity index (χ1v) is 14.9. The van der Waals surface area contributed by atoms with Crippen LogP contribution in [0.5, 0.6) is 0 Å². The molecule has 0 spiro atoms. The molecule has 14 nitrogen and oxygen atoms in total. The molecule has 0 radical (unpaired) electrons. The summed E-state index contributed by atoms with van der Waals surface area (Å²) in [6.45, 7) is 7.03. The van der Waals surface area contributed by atoms with E-state index in [2.05, 4.69) is 26.0 Å². The van der Waals surface area contributed by atoms with Gasteiger partial charge < -0.3 is 19.9 Å². The highest BCUT2D eigenvalue weighted by atomic mass is 32.2. The van der Waals surface area contributed by atoms with Crippen LogP contribution in [-0.4, -0.2) is 90.4 Å². The number of thioether (sulfide) groups is 2.